The topological polar surface area (TPSA) is 80.2 Å². The Balaban J connectivity index is 2.33. The molecule has 2 aromatic rings. The fourth-order valence-electron chi connectivity index (χ4n) is 0.817. The van der Waals surface area contributed by atoms with Crippen molar-refractivity contribution < 1.29 is 0 Å². The zero-order chi connectivity index (χ0) is 9.26. The predicted octanol–water partition coefficient (Wildman–Crippen LogP) is 0.842. The van der Waals surface area contributed by atoms with Crippen molar-refractivity contribution in [3.63, 3.8) is 0 Å². The van der Waals surface area contributed by atoms with Gasteiger partial charge >= 0.3 is 0 Å². The van der Waals surface area contributed by atoms with Crippen molar-refractivity contribution in [3.05, 3.63) is 5.01 Å². The first-order valence-electron chi connectivity index (χ1n) is 3.85. The number of aromatic amines is 1. The van der Waals surface area contributed by atoms with E-state index in [-0.39, 0.29) is 0 Å². The molecule has 0 unspecified atom stereocenters. The summed E-state index contributed by atoms with van der Waals surface area (Å²) in [5.41, 5.74) is 0. The molecule has 0 aromatic carbocycles. The van der Waals surface area contributed by atoms with Gasteiger partial charge in [-0.2, -0.15) is 9.59 Å². The summed E-state index contributed by atoms with van der Waals surface area (Å²) in [4.78, 5) is 4.27. The Labute approximate surface area is 78.6 Å². The summed E-state index contributed by atoms with van der Waals surface area (Å²) in [6, 6.07) is 0. The van der Waals surface area contributed by atoms with Crippen LogP contribution < -0.4 is 0 Å². The van der Waals surface area contributed by atoms with Crippen LogP contribution in [0.5, 0.6) is 0 Å². The number of nitrogens with zero attached hydrogens (tertiary/aromatic N) is 5. The molecule has 0 radical (unpaired) electrons. The normalized spacial score (nSPS) is 11.0. The van der Waals surface area contributed by atoms with E-state index < -0.39 is 0 Å². The quantitative estimate of drug-likeness (QED) is 0.769. The molecule has 0 aliphatic carbocycles. The van der Waals surface area contributed by atoms with Crippen LogP contribution in [0, 0.1) is 0 Å². The third-order valence-electron chi connectivity index (χ3n) is 1.48. The first-order chi connectivity index (χ1) is 6.27. The lowest BCUT2D eigenvalue weighted by Crippen LogP contribution is -1.87. The number of H-pyrrole nitrogens is 1. The van der Waals surface area contributed by atoms with Crippen LogP contribution in [-0.2, 0) is 0 Å². The lowest BCUT2D eigenvalue weighted by Gasteiger charge is -1.93. The Morgan fingerprint density at radius 3 is 2.69 bits per heavy atom. The van der Waals surface area contributed by atoms with Crippen LogP contribution in [0.15, 0.2) is 0 Å². The van der Waals surface area contributed by atoms with E-state index in [9.17, 15) is 0 Å². The number of nitrogens with one attached hydrogen (secondary N) is 1. The van der Waals surface area contributed by atoms with Gasteiger partial charge in [-0.3, -0.25) is 0 Å². The highest BCUT2D eigenvalue weighted by Crippen LogP contribution is 2.19. The number of rotatable bonds is 2. The molecule has 0 spiro atoms. The van der Waals surface area contributed by atoms with Crippen LogP contribution in [0.3, 0.4) is 0 Å². The zero-order valence-electron chi connectivity index (χ0n) is 7.22. The maximum absolute atomic E-state index is 4.27. The average Bonchev–Trinajstić information content (AvgIpc) is 2.75. The van der Waals surface area contributed by atoms with Crippen molar-refractivity contribution in [2.45, 2.75) is 19.8 Å². The third kappa shape index (κ3) is 1.55. The molecule has 2 rings (SSSR count). The highest BCUT2D eigenvalue weighted by atomic mass is 32.1. The minimum atomic E-state index is 0.387. The maximum Gasteiger partial charge on any atom is 0.242 e. The van der Waals surface area contributed by atoms with Gasteiger partial charge in [0.1, 0.15) is 5.01 Å². The van der Waals surface area contributed by atoms with Gasteiger partial charge in [-0.25, -0.2) is 4.98 Å². The highest BCUT2D eigenvalue weighted by Gasteiger charge is 2.11. The van der Waals surface area contributed by atoms with Gasteiger partial charge in [-0.05, 0) is 16.7 Å². The molecule has 0 aliphatic rings. The van der Waals surface area contributed by atoms with Crippen LogP contribution in [0.4, 0.5) is 0 Å². The van der Waals surface area contributed by atoms with Gasteiger partial charge in [-0.15, -0.1) is 10.2 Å². The van der Waals surface area contributed by atoms with E-state index in [1.54, 1.807) is 0 Å². The van der Waals surface area contributed by atoms with Gasteiger partial charge in [0.25, 0.3) is 0 Å². The number of tetrazole rings is 1. The second kappa shape index (κ2) is 3.17. The van der Waals surface area contributed by atoms with Gasteiger partial charge in [0.05, 0.1) is 0 Å². The molecule has 7 heteroatoms. The van der Waals surface area contributed by atoms with Crippen molar-refractivity contribution in [1.82, 2.24) is 30.0 Å². The molecule has 0 bridgehead atoms. The number of aromatic nitrogens is 6. The summed E-state index contributed by atoms with van der Waals surface area (Å²) in [6.45, 7) is 4.14. The summed E-state index contributed by atoms with van der Waals surface area (Å²) in [6.07, 6.45) is 0. The average molecular weight is 196 g/mol. The van der Waals surface area contributed by atoms with Crippen molar-refractivity contribution >= 4 is 11.5 Å². The van der Waals surface area contributed by atoms with Crippen LogP contribution in [0.25, 0.3) is 11.6 Å². The summed E-state index contributed by atoms with van der Waals surface area (Å²) < 4.78 is 4.13. The van der Waals surface area contributed by atoms with E-state index in [2.05, 4.69) is 43.8 Å². The molecule has 0 amide bonds. The first kappa shape index (κ1) is 8.24. The molecular weight excluding hydrogens is 188 g/mol. The lowest BCUT2D eigenvalue weighted by atomic mass is 10.2. The Morgan fingerprint density at radius 1 is 1.31 bits per heavy atom. The van der Waals surface area contributed by atoms with Crippen molar-refractivity contribution in [3.8, 4) is 11.6 Å². The zero-order valence-corrected chi connectivity index (χ0v) is 8.04. The first-order valence-corrected chi connectivity index (χ1v) is 4.62. The number of hydrogen-bond acceptors (Lipinski definition) is 6. The Bertz CT molecular complexity index is 377. The summed E-state index contributed by atoms with van der Waals surface area (Å²) in [5.74, 6) is 1.38. The SMILES string of the molecule is CC(C)c1nc(-c2nn[nH]n2)ns1. The second-order valence-electron chi connectivity index (χ2n) is 2.85. The van der Waals surface area contributed by atoms with E-state index in [0.717, 1.165) is 5.01 Å². The molecule has 2 aromatic heterocycles. The molecule has 13 heavy (non-hydrogen) atoms. The molecule has 1 N–H and O–H groups in total. The molecule has 0 aliphatic heterocycles. The van der Waals surface area contributed by atoms with E-state index in [0.29, 0.717) is 17.6 Å². The summed E-state index contributed by atoms with van der Waals surface area (Å²) >= 11 is 1.37. The minimum Gasteiger partial charge on any atom is -0.217 e. The Morgan fingerprint density at radius 2 is 2.15 bits per heavy atom. The Kier molecular flexibility index (Phi) is 2.01. The van der Waals surface area contributed by atoms with Gasteiger partial charge in [0, 0.05) is 5.92 Å². The summed E-state index contributed by atoms with van der Waals surface area (Å²) in [5, 5.41) is 14.4. The number of hydrogen-bond donors (Lipinski definition) is 1. The molecule has 0 saturated carbocycles. The molecule has 0 saturated heterocycles. The van der Waals surface area contributed by atoms with Crippen molar-refractivity contribution in [2.75, 3.05) is 0 Å². The lowest BCUT2D eigenvalue weighted by molar-refractivity contribution is 0.852. The van der Waals surface area contributed by atoms with Gasteiger partial charge in [0.15, 0.2) is 0 Å². The van der Waals surface area contributed by atoms with Crippen molar-refractivity contribution in [1.29, 1.82) is 0 Å². The van der Waals surface area contributed by atoms with E-state index >= 15 is 0 Å². The fourth-order valence-corrected chi connectivity index (χ4v) is 1.46. The van der Waals surface area contributed by atoms with Crippen LogP contribution in [0.2, 0.25) is 0 Å². The van der Waals surface area contributed by atoms with Crippen molar-refractivity contribution in [2.24, 2.45) is 0 Å². The van der Waals surface area contributed by atoms with E-state index in [1.807, 2.05) is 0 Å². The minimum absolute atomic E-state index is 0.387. The van der Waals surface area contributed by atoms with Crippen LogP contribution in [0.1, 0.15) is 24.8 Å². The summed E-state index contributed by atoms with van der Waals surface area (Å²) in [7, 11) is 0. The van der Waals surface area contributed by atoms with E-state index in [4.69, 9.17) is 0 Å². The fraction of sp³-hybridized carbons (Fsp3) is 0.500. The molecule has 2 heterocycles. The van der Waals surface area contributed by atoms with Crippen LogP contribution in [-0.4, -0.2) is 30.0 Å². The Hall–Kier alpha value is -1.37. The second-order valence-corrected chi connectivity index (χ2v) is 3.63. The van der Waals surface area contributed by atoms with Crippen LogP contribution >= 0.6 is 11.5 Å². The largest absolute Gasteiger partial charge is 0.242 e. The third-order valence-corrected chi connectivity index (χ3v) is 2.49. The molecule has 68 valence electrons. The van der Waals surface area contributed by atoms with Gasteiger partial charge < -0.3 is 0 Å². The molecule has 0 atom stereocenters. The maximum atomic E-state index is 4.27. The highest BCUT2D eigenvalue weighted by molar-refractivity contribution is 7.05. The standard InChI is InChI=1S/C6H8N6S/c1-3(2)6-7-4(10-13-6)5-8-11-12-9-5/h3H,1-2H3,(H,8,9,11,12). The van der Waals surface area contributed by atoms with E-state index in [1.165, 1.54) is 11.5 Å². The smallest absolute Gasteiger partial charge is 0.217 e. The van der Waals surface area contributed by atoms with Gasteiger partial charge in [0.2, 0.25) is 11.6 Å². The predicted molar refractivity (Wildman–Crippen MR) is 47.2 cm³/mol. The monoisotopic (exact) mass is 196 g/mol. The molecular formula is C6H8N6S. The molecule has 6 nitrogen and oxygen atoms in total. The van der Waals surface area contributed by atoms with Gasteiger partial charge in [-0.1, -0.05) is 13.8 Å². The molecule has 0 fully saturated rings.